The molecule has 2 aromatic heterocycles. The molecular weight excluding hydrogens is 236 g/mol. The van der Waals surface area contributed by atoms with E-state index >= 15 is 0 Å². The van der Waals surface area contributed by atoms with Crippen LogP contribution in [-0.4, -0.2) is 10.5 Å². The van der Waals surface area contributed by atoms with E-state index in [0.717, 1.165) is 30.0 Å². The monoisotopic (exact) mass is 250 g/mol. The van der Waals surface area contributed by atoms with Crippen LogP contribution in [-0.2, 0) is 6.42 Å². The maximum Gasteiger partial charge on any atom is 0.124 e. The topological polar surface area (TPSA) is 38.9 Å². The molecule has 3 rings (SSSR count). The Morgan fingerprint density at radius 1 is 1.38 bits per heavy atom. The largest absolute Gasteiger partial charge is 0.325 e. The van der Waals surface area contributed by atoms with Gasteiger partial charge in [0.2, 0.25) is 0 Å². The third kappa shape index (κ3) is 1.93. The fourth-order valence-corrected chi connectivity index (χ4v) is 3.61. The molecule has 2 nitrogen and oxygen atoms in total. The average molecular weight is 250 g/mol. The Hall–Kier alpha value is -0.710. The molecule has 16 heavy (non-hydrogen) atoms. The quantitative estimate of drug-likeness (QED) is 0.907. The minimum absolute atomic E-state index is 0.0417. The molecule has 0 bridgehead atoms. The average Bonchev–Trinajstić information content (AvgIpc) is 2.83. The Bertz CT molecular complexity index is 469. The van der Waals surface area contributed by atoms with Gasteiger partial charge >= 0.3 is 0 Å². The fourth-order valence-electron chi connectivity index (χ4n) is 2.08. The summed E-state index contributed by atoms with van der Waals surface area (Å²) in [5, 5.41) is 7.51. The second-order valence-corrected chi connectivity index (χ2v) is 6.19. The van der Waals surface area contributed by atoms with Crippen LogP contribution in [0.3, 0.4) is 0 Å². The minimum Gasteiger partial charge on any atom is -0.325 e. The van der Waals surface area contributed by atoms with Gasteiger partial charge in [-0.2, -0.15) is 11.3 Å². The van der Waals surface area contributed by atoms with Crippen molar-refractivity contribution < 1.29 is 0 Å². The predicted octanol–water partition coefficient (Wildman–Crippen LogP) is 3.30. The summed E-state index contributed by atoms with van der Waals surface area (Å²) in [5.41, 5.74) is 8.67. The number of nitrogens with two attached hydrogens (primary N) is 1. The van der Waals surface area contributed by atoms with Gasteiger partial charge in [-0.3, -0.25) is 0 Å². The third-order valence-electron chi connectivity index (χ3n) is 3.20. The number of aromatic nitrogens is 1. The second kappa shape index (κ2) is 3.95. The van der Waals surface area contributed by atoms with E-state index in [1.165, 1.54) is 12.0 Å². The number of hydrogen-bond acceptors (Lipinski definition) is 4. The number of thiophene rings is 1. The van der Waals surface area contributed by atoms with Crippen LogP contribution >= 0.6 is 22.7 Å². The summed E-state index contributed by atoms with van der Waals surface area (Å²) in [6.07, 6.45) is 4.52. The normalized spacial score (nSPS) is 18.3. The summed E-state index contributed by atoms with van der Waals surface area (Å²) >= 11 is 3.44. The molecule has 2 aromatic rings. The number of hydrogen-bond donors (Lipinski definition) is 1. The van der Waals surface area contributed by atoms with E-state index in [4.69, 9.17) is 5.73 Å². The summed E-state index contributed by atoms with van der Waals surface area (Å²) in [6, 6.07) is 2.12. The highest BCUT2D eigenvalue weighted by molar-refractivity contribution is 7.14. The van der Waals surface area contributed by atoms with Crippen LogP contribution in [0.4, 0.5) is 0 Å². The lowest BCUT2D eigenvalue weighted by molar-refractivity contribution is 0.246. The lowest BCUT2D eigenvalue weighted by atomic mass is 9.75. The highest BCUT2D eigenvalue weighted by Gasteiger charge is 2.33. The molecule has 1 aliphatic carbocycles. The molecule has 2 heterocycles. The standard InChI is InChI=1S/C12H14N2S2/c13-12(3-1-4-12)6-10-8-16-11(14-10)9-2-5-15-7-9/h2,5,7-8H,1,3-4,6,13H2. The number of nitrogens with zero attached hydrogens (tertiary/aromatic N) is 1. The number of rotatable bonds is 3. The summed E-state index contributed by atoms with van der Waals surface area (Å²) < 4.78 is 0. The van der Waals surface area contributed by atoms with Gasteiger partial charge in [-0.25, -0.2) is 4.98 Å². The van der Waals surface area contributed by atoms with Gasteiger partial charge in [0, 0.05) is 28.3 Å². The van der Waals surface area contributed by atoms with Crippen molar-refractivity contribution in [3.8, 4) is 10.6 Å². The molecule has 4 heteroatoms. The van der Waals surface area contributed by atoms with Gasteiger partial charge in [-0.05, 0) is 30.7 Å². The Balaban J connectivity index is 1.78. The van der Waals surface area contributed by atoms with E-state index in [-0.39, 0.29) is 5.54 Å². The van der Waals surface area contributed by atoms with Gasteiger partial charge in [0.1, 0.15) is 5.01 Å². The van der Waals surface area contributed by atoms with Gasteiger partial charge in [-0.15, -0.1) is 11.3 Å². The van der Waals surface area contributed by atoms with Crippen LogP contribution in [0.25, 0.3) is 10.6 Å². The van der Waals surface area contributed by atoms with Crippen molar-refractivity contribution in [2.45, 2.75) is 31.2 Å². The molecule has 0 atom stereocenters. The Morgan fingerprint density at radius 2 is 2.25 bits per heavy atom. The number of thiazole rings is 1. The van der Waals surface area contributed by atoms with Crippen molar-refractivity contribution >= 4 is 22.7 Å². The molecule has 1 saturated carbocycles. The molecule has 2 N–H and O–H groups in total. The molecule has 0 radical (unpaired) electrons. The first-order valence-corrected chi connectivity index (χ1v) is 7.33. The fraction of sp³-hybridized carbons (Fsp3) is 0.417. The highest BCUT2D eigenvalue weighted by Crippen LogP contribution is 2.34. The van der Waals surface area contributed by atoms with Gasteiger partial charge in [0.05, 0.1) is 5.69 Å². The van der Waals surface area contributed by atoms with Crippen molar-refractivity contribution in [3.05, 3.63) is 27.9 Å². The minimum atomic E-state index is 0.0417. The molecule has 84 valence electrons. The smallest absolute Gasteiger partial charge is 0.124 e. The summed E-state index contributed by atoms with van der Waals surface area (Å²) in [7, 11) is 0. The maximum atomic E-state index is 6.23. The lowest BCUT2D eigenvalue weighted by Crippen LogP contribution is -2.48. The zero-order valence-corrected chi connectivity index (χ0v) is 10.6. The Morgan fingerprint density at radius 3 is 2.88 bits per heavy atom. The molecule has 0 aliphatic heterocycles. The lowest BCUT2D eigenvalue weighted by Gasteiger charge is -2.37. The van der Waals surface area contributed by atoms with Crippen LogP contribution in [0.1, 0.15) is 25.0 Å². The summed E-state index contributed by atoms with van der Waals surface area (Å²) in [6.45, 7) is 0. The second-order valence-electron chi connectivity index (χ2n) is 4.55. The van der Waals surface area contributed by atoms with Gasteiger partial charge < -0.3 is 5.73 Å². The van der Waals surface area contributed by atoms with Crippen LogP contribution in [0.2, 0.25) is 0 Å². The van der Waals surface area contributed by atoms with E-state index in [1.54, 1.807) is 22.7 Å². The summed E-state index contributed by atoms with van der Waals surface area (Å²) in [4.78, 5) is 4.66. The molecular formula is C12H14N2S2. The first-order chi connectivity index (χ1) is 7.75. The molecule has 0 saturated heterocycles. The first kappa shape index (κ1) is 10.4. The summed E-state index contributed by atoms with van der Waals surface area (Å²) in [5.74, 6) is 0. The predicted molar refractivity (Wildman–Crippen MR) is 69.9 cm³/mol. The molecule has 1 fully saturated rings. The van der Waals surface area contributed by atoms with Crippen molar-refractivity contribution in [3.63, 3.8) is 0 Å². The molecule has 0 aromatic carbocycles. The third-order valence-corrected chi connectivity index (χ3v) is 4.83. The van der Waals surface area contributed by atoms with E-state index < -0.39 is 0 Å². The van der Waals surface area contributed by atoms with Gasteiger partial charge in [0.25, 0.3) is 0 Å². The molecule has 1 aliphatic rings. The molecule has 0 spiro atoms. The molecule has 0 unspecified atom stereocenters. The first-order valence-electron chi connectivity index (χ1n) is 5.51. The van der Waals surface area contributed by atoms with E-state index in [9.17, 15) is 0 Å². The van der Waals surface area contributed by atoms with Crippen LogP contribution in [0, 0.1) is 0 Å². The Kier molecular flexibility index (Phi) is 2.58. The molecule has 0 amide bonds. The SMILES string of the molecule is NC1(Cc2csc(-c3ccsc3)n2)CCC1. The van der Waals surface area contributed by atoms with Gasteiger partial charge in [-0.1, -0.05) is 0 Å². The zero-order chi connectivity index (χ0) is 11.0. The van der Waals surface area contributed by atoms with Gasteiger partial charge in [0.15, 0.2) is 0 Å². The van der Waals surface area contributed by atoms with Crippen molar-refractivity contribution in [2.75, 3.05) is 0 Å². The highest BCUT2D eigenvalue weighted by atomic mass is 32.1. The van der Waals surface area contributed by atoms with Crippen molar-refractivity contribution in [1.29, 1.82) is 0 Å². The van der Waals surface area contributed by atoms with E-state index in [2.05, 4.69) is 27.2 Å². The Labute approximate surface area is 103 Å². The van der Waals surface area contributed by atoms with Crippen molar-refractivity contribution in [2.24, 2.45) is 5.73 Å². The van der Waals surface area contributed by atoms with Crippen molar-refractivity contribution in [1.82, 2.24) is 4.98 Å². The maximum absolute atomic E-state index is 6.23. The van der Waals surface area contributed by atoms with E-state index in [1.807, 2.05) is 0 Å². The van der Waals surface area contributed by atoms with Crippen LogP contribution in [0.5, 0.6) is 0 Å². The zero-order valence-electron chi connectivity index (χ0n) is 8.98. The van der Waals surface area contributed by atoms with Crippen LogP contribution in [0.15, 0.2) is 22.2 Å². The van der Waals surface area contributed by atoms with E-state index in [0.29, 0.717) is 0 Å². The van der Waals surface area contributed by atoms with Crippen LogP contribution < -0.4 is 5.73 Å².